The SMILES string of the molecule is CSCCN(C)C[B-](F)(F)F. The van der Waals surface area contributed by atoms with Gasteiger partial charge in [-0.1, -0.05) is 0 Å². The van der Waals surface area contributed by atoms with Crippen molar-refractivity contribution in [2.24, 2.45) is 0 Å². The van der Waals surface area contributed by atoms with Crippen LogP contribution in [0.3, 0.4) is 0 Å². The Morgan fingerprint density at radius 2 is 1.91 bits per heavy atom. The van der Waals surface area contributed by atoms with Crippen molar-refractivity contribution in [1.82, 2.24) is 4.90 Å². The van der Waals surface area contributed by atoms with Crippen molar-refractivity contribution in [2.45, 2.75) is 0 Å². The third-order valence-corrected chi connectivity index (χ3v) is 1.79. The van der Waals surface area contributed by atoms with Crippen molar-refractivity contribution in [3.63, 3.8) is 0 Å². The van der Waals surface area contributed by atoms with E-state index >= 15 is 0 Å². The second-order valence-electron chi connectivity index (χ2n) is 2.47. The van der Waals surface area contributed by atoms with E-state index in [0.717, 1.165) is 5.75 Å². The summed E-state index contributed by atoms with van der Waals surface area (Å²) in [7, 11) is 1.49. The van der Waals surface area contributed by atoms with Crippen molar-refractivity contribution in [3.05, 3.63) is 0 Å². The maximum atomic E-state index is 11.7. The van der Waals surface area contributed by atoms with Crippen LogP contribution >= 0.6 is 11.8 Å². The topological polar surface area (TPSA) is 3.24 Å². The average molecular weight is 186 g/mol. The average Bonchev–Trinajstić information content (AvgIpc) is 1.79. The number of nitrogens with zero attached hydrogens (tertiary/aromatic N) is 1. The van der Waals surface area contributed by atoms with E-state index in [9.17, 15) is 12.9 Å². The van der Waals surface area contributed by atoms with Gasteiger partial charge in [0.15, 0.2) is 0 Å². The number of hydrogen-bond acceptors (Lipinski definition) is 2. The van der Waals surface area contributed by atoms with Gasteiger partial charge in [-0.3, -0.25) is 0 Å². The Hall–Kier alpha value is 0.165. The Bertz CT molecular complexity index is 108. The minimum absolute atomic E-state index is 0.502. The molecule has 0 aromatic heterocycles. The Morgan fingerprint density at radius 1 is 1.36 bits per heavy atom. The predicted molar refractivity (Wildman–Crippen MR) is 45.0 cm³/mol. The molecule has 0 amide bonds. The molecular formula is C5H12BF3NS-. The van der Waals surface area contributed by atoms with Crippen LogP contribution in [0.25, 0.3) is 0 Å². The Balaban J connectivity index is 3.44. The van der Waals surface area contributed by atoms with Crippen molar-refractivity contribution >= 4 is 18.7 Å². The fourth-order valence-electron chi connectivity index (χ4n) is 0.692. The van der Waals surface area contributed by atoms with Crippen molar-refractivity contribution in [1.29, 1.82) is 0 Å². The molecular weight excluding hydrogens is 174 g/mol. The van der Waals surface area contributed by atoms with Gasteiger partial charge in [-0.05, 0) is 19.7 Å². The molecule has 11 heavy (non-hydrogen) atoms. The lowest BCUT2D eigenvalue weighted by Gasteiger charge is -2.22. The number of halogens is 3. The molecule has 0 heterocycles. The highest BCUT2D eigenvalue weighted by atomic mass is 32.2. The molecule has 0 N–H and O–H groups in total. The summed E-state index contributed by atoms with van der Waals surface area (Å²) < 4.78 is 35.2. The van der Waals surface area contributed by atoms with Gasteiger partial charge in [-0.25, -0.2) is 0 Å². The zero-order valence-corrected chi connectivity index (χ0v) is 7.50. The summed E-state index contributed by atoms with van der Waals surface area (Å²) in [6, 6.07) is 0. The Morgan fingerprint density at radius 3 is 2.27 bits per heavy atom. The van der Waals surface area contributed by atoms with Crippen molar-refractivity contribution in [3.8, 4) is 0 Å². The summed E-state index contributed by atoms with van der Waals surface area (Å²) in [6.45, 7) is -4.14. The van der Waals surface area contributed by atoms with Crippen LogP contribution < -0.4 is 0 Å². The van der Waals surface area contributed by atoms with E-state index in [1.165, 1.54) is 11.9 Å². The molecule has 0 aliphatic carbocycles. The monoisotopic (exact) mass is 186 g/mol. The third-order valence-electron chi connectivity index (χ3n) is 1.20. The molecule has 0 aliphatic heterocycles. The number of thioether (sulfide) groups is 1. The molecule has 0 aromatic rings. The minimum atomic E-state index is -4.64. The van der Waals surface area contributed by atoms with Crippen LogP contribution in [0, 0.1) is 0 Å². The summed E-state index contributed by atoms with van der Waals surface area (Å²) in [5.74, 6) is 0.753. The Labute approximate surface area is 69.4 Å². The van der Waals surface area contributed by atoms with E-state index in [-0.39, 0.29) is 0 Å². The van der Waals surface area contributed by atoms with Crippen molar-refractivity contribution < 1.29 is 12.9 Å². The fraction of sp³-hybridized carbons (Fsp3) is 1.00. The highest BCUT2D eigenvalue weighted by Gasteiger charge is 2.24. The van der Waals surface area contributed by atoms with Gasteiger partial charge >= 0.3 is 6.98 Å². The quantitative estimate of drug-likeness (QED) is 0.600. The first-order valence-electron chi connectivity index (χ1n) is 3.34. The molecule has 0 saturated heterocycles. The first-order valence-corrected chi connectivity index (χ1v) is 4.73. The maximum absolute atomic E-state index is 11.7. The predicted octanol–water partition coefficient (Wildman–Crippen LogP) is 1.67. The summed E-state index contributed by atoms with van der Waals surface area (Å²) in [5, 5.41) is 0. The van der Waals surface area contributed by atoms with Gasteiger partial charge in [-0.2, -0.15) is 11.8 Å². The van der Waals surface area contributed by atoms with Crippen molar-refractivity contribution in [2.75, 3.05) is 32.0 Å². The second-order valence-corrected chi connectivity index (χ2v) is 3.45. The van der Waals surface area contributed by atoms with Crippen LogP contribution in [0.4, 0.5) is 12.9 Å². The van der Waals surface area contributed by atoms with E-state index in [2.05, 4.69) is 0 Å². The summed E-state index contributed by atoms with van der Waals surface area (Å²) >= 11 is 1.55. The molecule has 0 fully saturated rings. The molecule has 1 nitrogen and oxygen atoms in total. The van der Waals surface area contributed by atoms with Gasteiger partial charge in [-0.15, -0.1) is 0 Å². The summed E-state index contributed by atoms with van der Waals surface area (Å²) in [6.07, 6.45) is 1.13. The van der Waals surface area contributed by atoms with Crippen LogP contribution in [-0.4, -0.2) is 43.9 Å². The molecule has 0 atom stereocenters. The highest BCUT2D eigenvalue weighted by molar-refractivity contribution is 7.98. The molecule has 0 bridgehead atoms. The first-order chi connectivity index (χ1) is 4.95. The normalized spacial score (nSPS) is 12.5. The van der Waals surface area contributed by atoms with Crippen LogP contribution in [0.15, 0.2) is 0 Å². The van der Waals surface area contributed by atoms with Gasteiger partial charge in [0.2, 0.25) is 0 Å². The van der Waals surface area contributed by atoms with Gasteiger partial charge in [0.05, 0.1) is 0 Å². The fourth-order valence-corrected chi connectivity index (χ4v) is 1.19. The van der Waals surface area contributed by atoms with Crippen LogP contribution in [-0.2, 0) is 0 Å². The molecule has 0 aromatic carbocycles. The molecule has 0 saturated carbocycles. The molecule has 0 aliphatic rings. The first kappa shape index (κ1) is 11.2. The van der Waals surface area contributed by atoms with E-state index < -0.39 is 13.4 Å². The lowest BCUT2D eigenvalue weighted by Crippen LogP contribution is -2.36. The zero-order chi connectivity index (χ0) is 8.91. The largest absolute Gasteiger partial charge is 0.492 e. The van der Waals surface area contributed by atoms with E-state index in [0.29, 0.717) is 6.54 Å². The molecule has 6 heteroatoms. The van der Waals surface area contributed by atoms with Gasteiger partial charge < -0.3 is 17.8 Å². The molecule has 68 valence electrons. The van der Waals surface area contributed by atoms with E-state index in [1.54, 1.807) is 11.8 Å². The Kier molecular flexibility index (Phi) is 5.00. The number of rotatable bonds is 5. The van der Waals surface area contributed by atoms with Gasteiger partial charge in [0, 0.05) is 12.3 Å². The van der Waals surface area contributed by atoms with Gasteiger partial charge in [0.1, 0.15) is 0 Å². The zero-order valence-electron chi connectivity index (χ0n) is 6.69. The molecule has 0 unspecified atom stereocenters. The lowest BCUT2D eigenvalue weighted by atomic mass is 9.91. The maximum Gasteiger partial charge on any atom is 0.492 e. The highest BCUT2D eigenvalue weighted by Crippen LogP contribution is 2.09. The lowest BCUT2D eigenvalue weighted by molar-refractivity contribution is 0.344. The van der Waals surface area contributed by atoms with Gasteiger partial charge in [0.25, 0.3) is 0 Å². The summed E-state index contributed by atoms with van der Waals surface area (Å²) in [4.78, 5) is 1.30. The molecule has 0 spiro atoms. The third kappa shape index (κ3) is 8.07. The van der Waals surface area contributed by atoms with Crippen LogP contribution in [0.5, 0.6) is 0 Å². The van der Waals surface area contributed by atoms with E-state index in [1.807, 2.05) is 6.26 Å². The van der Waals surface area contributed by atoms with E-state index in [4.69, 9.17) is 0 Å². The second kappa shape index (κ2) is 4.93. The number of hydrogen-bond donors (Lipinski definition) is 0. The van der Waals surface area contributed by atoms with Crippen LogP contribution in [0.1, 0.15) is 0 Å². The standard InChI is InChI=1S/C5H12BF3NS/c1-10(3-4-11-2)5-6(7,8)9/h3-5H2,1-2H3/q-1. The minimum Gasteiger partial charge on any atom is -0.448 e. The summed E-state index contributed by atoms with van der Waals surface area (Å²) in [5.41, 5.74) is 0. The molecule has 0 radical (unpaired) electrons. The molecule has 0 rings (SSSR count). The smallest absolute Gasteiger partial charge is 0.448 e. The van der Waals surface area contributed by atoms with Crippen LogP contribution in [0.2, 0.25) is 0 Å².